The molecule has 0 spiro atoms. The molecule has 0 radical (unpaired) electrons. The molecule has 2 aliphatic rings. The molecule has 0 aromatic carbocycles. The number of rotatable bonds is 3. The number of hydrogen-bond acceptors (Lipinski definition) is 4. The molecule has 1 aliphatic carbocycles. The third-order valence-electron chi connectivity index (χ3n) is 4.27. The standard InChI is InChI=1S/C14H29N3O/c1-14(2,18)11-16-7-9-17(10-8-16)13-6-4-3-5-12(13)15/h12-13,18H,3-11,15H2,1-2H3. The second-order valence-corrected chi connectivity index (χ2v) is 6.64. The van der Waals surface area contributed by atoms with E-state index in [1.807, 2.05) is 13.8 Å². The highest BCUT2D eigenvalue weighted by Gasteiger charge is 2.30. The van der Waals surface area contributed by atoms with Crippen LogP contribution in [0.5, 0.6) is 0 Å². The van der Waals surface area contributed by atoms with Crippen LogP contribution in [0.2, 0.25) is 0 Å². The first-order valence-electron chi connectivity index (χ1n) is 7.40. The third-order valence-corrected chi connectivity index (χ3v) is 4.27. The van der Waals surface area contributed by atoms with Crippen molar-refractivity contribution in [2.24, 2.45) is 5.73 Å². The molecule has 2 fully saturated rings. The van der Waals surface area contributed by atoms with E-state index in [1.165, 1.54) is 25.7 Å². The Balaban J connectivity index is 1.79. The van der Waals surface area contributed by atoms with E-state index in [0.717, 1.165) is 32.7 Å². The van der Waals surface area contributed by atoms with Gasteiger partial charge >= 0.3 is 0 Å². The van der Waals surface area contributed by atoms with Crippen LogP contribution in [0.25, 0.3) is 0 Å². The highest BCUT2D eigenvalue weighted by molar-refractivity contribution is 4.89. The zero-order chi connectivity index (χ0) is 13.2. The Hall–Kier alpha value is -0.160. The first-order valence-corrected chi connectivity index (χ1v) is 7.40. The van der Waals surface area contributed by atoms with E-state index in [4.69, 9.17) is 5.73 Å². The summed E-state index contributed by atoms with van der Waals surface area (Å²) >= 11 is 0. The van der Waals surface area contributed by atoms with Crippen molar-refractivity contribution in [1.82, 2.24) is 9.80 Å². The second kappa shape index (κ2) is 5.87. The van der Waals surface area contributed by atoms with Gasteiger partial charge in [0.1, 0.15) is 0 Å². The molecular formula is C14H29N3O. The minimum absolute atomic E-state index is 0.375. The van der Waals surface area contributed by atoms with Gasteiger partial charge in [0.2, 0.25) is 0 Å². The van der Waals surface area contributed by atoms with E-state index in [-0.39, 0.29) is 0 Å². The molecule has 1 heterocycles. The number of aliphatic hydroxyl groups is 1. The van der Waals surface area contributed by atoms with Gasteiger partial charge in [0.15, 0.2) is 0 Å². The molecule has 0 aromatic rings. The zero-order valence-electron chi connectivity index (χ0n) is 11.9. The quantitative estimate of drug-likeness (QED) is 0.777. The van der Waals surface area contributed by atoms with E-state index in [9.17, 15) is 5.11 Å². The molecule has 0 bridgehead atoms. The number of nitrogens with zero attached hydrogens (tertiary/aromatic N) is 2. The number of nitrogens with two attached hydrogens (primary N) is 1. The van der Waals surface area contributed by atoms with Crippen molar-refractivity contribution in [2.75, 3.05) is 32.7 Å². The zero-order valence-corrected chi connectivity index (χ0v) is 11.9. The van der Waals surface area contributed by atoms with Crippen molar-refractivity contribution < 1.29 is 5.11 Å². The fourth-order valence-electron chi connectivity index (χ4n) is 3.39. The summed E-state index contributed by atoms with van der Waals surface area (Å²) in [6.45, 7) is 8.88. The van der Waals surface area contributed by atoms with Crippen LogP contribution in [0.4, 0.5) is 0 Å². The Bertz CT molecular complexity index is 256. The first kappa shape index (κ1) is 14.3. The molecule has 106 valence electrons. The van der Waals surface area contributed by atoms with Crippen molar-refractivity contribution in [3.8, 4) is 0 Å². The van der Waals surface area contributed by atoms with Gasteiger partial charge in [-0.15, -0.1) is 0 Å². The molecule has 1 saturated heterocycles. The summed E-state index contributed by atoms with van der Waals surface area (Å²) in [4.78, 5) is 4.94. The molecule has 2 atom stereocenters. The predicted molar refractivity (Wildman–Crippen MR) is 74.5 cm³/mol. The van der Waals surface area contributed by atoms with Crippen LogP contribution >= 0.6 is 0 Å². The summed E-state index contributed by atoms with van der Waals surface area (Å²) in [5.74, 6) is 0. The Kier molecular flexibility index (Phi) is 4.64. The van der Waals surface area contributed by atoms with Gasteiger partial charge in [0.05, 0.1) is 5.60 Å². The Morgan fingerprint density at radius 3 is 2.28 bits per heavy atom. The summed E-state index contributed by atoms with van der Waals surface area (Å²) in [7, 11) is 0. The first-order chi connectivity index (χ1) is 8.46. The third kappa shape index (κ3) is 3.92. The molecule has 4 heteroatoms. The van der Waals surface area contributed by atoms with E-state index >= 15 is 0 Å². The van der Waals surface area contributed by atoms with Gasteiger partial charge in [0, 0.05) is 44.8 Å². The lowest BCUT2D eigenvalue weighted by molar-refractivity contribution is 0.00539. The van der Waals surface area contributed by atoms with E-state index in [2.05, 4.69) is 9.80 Å². The summed E-state index contributed by atoms with van der Waals surface area (Å²) in [6.07, 6.45) is 5.10. The van der Waals surface area contributed by atoms with E-state index in [1.54, 1.807) is 0 Å². The van der Waals surface area contributed by atoms with E-state index < -0.39 is 5.60 Å². The number of hydrogen-bond donors (Lipinski definition) is 2. The van der Waals surface area contributed by atoms with Crippen LogP contribution in [0.3, 0.4) is 0 Å². The van der Waals surface area contributed by atoms with Crippen LogP contribution < -0.4 is 5.73 Å². The monoisotopic (exact) mass is 255 g/mol. The van der Waals surface area contributed by atoms with Crippen LogP contribution in [0.15, 0.2) is 0 Å². The maximum absolute atomic E-state index is 9.85. The van der Waals surface area contributed by atoms with Crippen molar-refractivity contribution in [3.05, 3.63) is 0 Å². The molecule has 18 heavy (non-hydrogen) atoms. The van der Waals surface area contributed by atoms with Gasteiger partial charge in [-0.2, -0.15) is 0 Å². The van der Waals surface area contributed by atoms with Crippen molar-refractivity contribution >= 4 is 0 Å². The highest BCUT2D eigenvalue weighted by Crippen LogP contribution is 2.23. The Morgan fingerprint density at radius 2 is 1.72 bits per heavy atom. The topological polar surface area (TPSA) is 52.7 Å². The van der Waals surface area contributed by atoms with Crippen molar-refractivity contribution in [3.63, 3.8) is 0 Å². The van der Waals surface area contributed by atoms with Crippen molar-refractivity contribution in [1.29, 1.82) is 0 Å². The van der Waals surface area contributed by atoms with Gasteiger partial charge in [0.25, 0.3) is 0 Å². The molecule has 1 saturated carbocycles. The smallest absolute Gasteiger partial charge is 0.0718 e. The maximum atomic E-state index is 9.85. The molecular weight excluding hydrogens is 226 g/mol. The van der Waals surface area contributed by atoms with Gasteiger partial charge in [-0.25, -0.2) is 0 Å². The summed E-state index contributed by atoms with van der Waals surface area (Å²) in [6, 6.07) is 0.975. The normalized spacial score (nSPS) is 32.7. The van der Waals surface area contributed by atoms with Gasteiger partial charge < -0.3 is 10.8 Å². The average molecular weight is 255 g/mol. The Labute approximate surface area is 111 Å². The van der Waals surface area contributed by atoms with Crippen LogP contribution in [-0.4, -0.2) is 65.3 Å². The summed E-state index contributed by atoms with van der Waals surface area (Å²) in [5, 5.41) is 9.85. The molecule has 4 nitrogen and oxygen atoms in total. The molecule has 3 N–H and O–H groups in total. The maximum Gasteiger partial charge on any atom is 0.0718 e. The molecule has 0 amide bonds. The number of piperazine rings is 1. The molecule has 2 unspecified atom stereocenters. The van der Waals surface area contributed by atoms with Gasteiger partial charge in [-0.05, 0) is 26.7 Å². The SMILES string of the molecule is CC(C)(O)CN1CCN(C2CCCCC2N)CC1. The number of β-amino-alcohol motifs (C(OH)–C–C–N with tert-alkyl or cyclic N) is 1. The average Bonchev–Trinajstić information content (AvgIpc) is 2.29. The fraction of sp³-hybridized carbons (Fsp3) is 1.00. The van der Waals surface area contributed by atoms with Crippen LogP contribution in [0, 0.1) is 0 Å². The van der Waals surface area contributed by atoms with E-state index in [0.29, 0.717) is 12.1 Å². The van der Waals surface area contributed by atoms with Gasteiger partial charge in [-0.1, -0.05) is 12.8 Å². The summed E-state index contributed by atoms with van der Waals surface area (Å²) < 4.78 is 0. The Morgan fingerprint density at radius 1 is 1.11 bits per heavy atom. The lowest BCUT2D eigenvalue weighted by atomic mass is 9.89. The second-order valence-electron chi connectivity index (χ2n) is 6.64. The molecule has 1 aliphatic heterocycles. The highest BCUT2D eigenvalue weighted by atomic mass is 16.3. The van der Waals surface area contributed by atoms with Crippen LogP contribution in [0.1, 0.15) is 39.5 Å². The molecule has 2 rings (SSSR count). The van der Waals surface area contributed by atoms with Crippen molar-refractivity contribution in [2.45, 2.75) is 57.2 Å². The lowest BCUT2D eigenvalue weighted by Crippen LogP contribution is -2.57. The minimum atomic E-state index is -0.580. The summed E-state index contributed by atoms with van der Waals surface area (Å²) in [5.41, 5.74) is 5.67. The largest absolute Gasteiger partial charge is 0.389 e. The fourth-order valence-corrected chi connectivity index (χ4v) is 3.39. The lowest BCUT2D eigenvalue weighted by Gasteiger charge is -2.44. The van der Waals surface area contributed by atoms with Gasteiger partial charge in [-0.3, -0.25) is 9.80 Å². The van der Waals surface area contributed by atoms with Crippen LogP contribution in [-0.2, 0) is 0 Å². The molecule has 0 aromatic heterocycles. The predicted octanol–water partition coefficient (Wildman–Crippen LogP) is 0.645. The minimum Gasteiger partial charge on any atom is -0.389 e.